The second-order valence-corrected chi connectivity index (χ2v) is 8.52. The normalized spacial score (nSPS) is 11.1. The van der Waals surface area contributed by atoms with Crippen molar-refractivity contribution in [3.63, 3.8) is 0 Å². The Labute approximate surface area is 174 Å². The number of para-hydroxylation sites is 1. The summed E-state index contributed by atoms with van der Waals surface area (Å²) in [4.78, 5) is 2.12. The third-order valence-corrected chi connectivity index (χ3v) is 6.30. The predicted octanol–water partition coefficient (Wildman–Crippen LogP) is 5.42. The van der Waals surface area contributed by atoms with E-state index in [2.05, 4.69) is 67.5 Å². The minimum absolute atomic E-state index is 0.358. The van der Waals surface area contributed by atoms with Crippen LogP contribution >= 0.6 is 8.58 Å². The van der Waals surface area contributed by atoms with E-state index in [9.17, 15) is 5.11 Å². The third kappa shape index (κ3) is 4.18. The van der Waals surface area contributed by atoms with Crippen LogP contribution in [0.3, 0.4) is 0 Å². The zero-order valence-corrected chi connectivity index (χ0v) is 17.6. The number of phenolic OH excluding ortho intramolecular Hbond substituents is 1. The minimum atomic E-state index is 0.358. The van der Waals surface area contributed by atoms with E-state index in [1.165, 1.54) is 11.0 Å². The van der Waals surface area contributed by atoms with Gasteiger partial charge in [0, 0.05) is 36.0 Å². The lowest BCUT2D eigenvalue weighted by molar-refractivity contribution is 0.482. The van der Waals surface area contributed by atoms with Crippen LogP contribution in [0.1, 0.15) is 0 Å². The summed E-state index contributed by atoms with van der Waals surface area (Å²) in [5.41, 5.74) is 5.34. The van der Waals surface area contributed by atoms with E-state index in [4.69, 9.17) is 0 Å². The van der Waals surface area contributed by atoms with Crippen molar-refractivity contribution in [1.29, 1.82) is 0 Å². The molecule has 1 unspecified atom stereocenters. The van der Waals surface area contributed by atoms with Crippen LogP contribution in [-0.4, -0.2) is 19.2 Å². The SMILES string of the molecule is CN(C)c1ccccc1Pc1cc(-c2ccccc2)cc(-c2ccccc2)c1O. The fraction of sp³-hybridized carbons (Fsp3) is 0.0769. The van der Waals surface area contributed by atoms with Crippen molar-refractivity contribution in [3.8, 4) is 28.0 Å². The third-order valence-electron chi connectivity index (χ3n) is 4.96. The fourth-order valence-electron chi connectivity index (χ4n) is 3.48. The molecule has 4 aromatic carbocycles. The number of benzene rings is 4. The molecular weight excluding hydrogens is 373 g/mol. The van der Waals surface area contributed by atoms with Gasteiger partial charge in [-0.2, -0.15) is 0 Å². The van der Waals surface area contributed by atoms with Crippen molar-refractivity contribution in [2.45, 2.75) is 0 Å². The molecule has 0 saturated carbocycles. The molecule has 0 aromatic heterocycles. The van der Waals surface area contributed by atoms with Crippen molar-refractivity contribution in [2.75, 3.05) is 19.0 Å². The largest absolute Gasteiger partial charge is 0.507 e. The molecule has 0 aliphatic rings. The number of hydrogen-bond acceptors (Lipinski definition) is 2. The van der Waals surface area contributed by atoms with Crippen LogP contribution in [0.5, 0.6) is 5.75 Å². The average Bonchev–Trinajstić information content (AvgIpc) is 2.76. The van der Waals surface area contributed by atoms with E-state index in [0.29, 0.717) is 14.3 Å². The Bertz CT molecular complexity index is 1110. The van der Waals surface area contributed by atoms with Gasteiger partial charge in [0.15, 0.2) is 0 Å². The van der Waals surface area contributed by atoms with Crippen LogP contribution in [0.25, 0.3) is 22.3 Å². The smallest absolute Gasteiger partial charge is 0.131 e. The molecule has 0 radical (unpaired) electrons. The van der Waals surface area contributed by atoms with Crippen LogP contribution < -0.4 is 15.5 Å². The van der Waals surface area contributed by atoms with Gasteiger partial charge in [-0.15, -0.1) is 0 Å². The summed E-state index contributed by atoms with van der Waals surface area (Å²) in [6.07, 6.45) is 0. The number of aromatic hydroxyl groups is 1. The van der Waals surface area contributed by atoms with Crippen molar-refractivity contribution >= 4 is 24.9 Å². The first kappa shape index (κ1) is 19.2. The van der Waals surface area contributed by atoms with Gasteiger partial charge < -0.3 is 10.0 Å². The van der Waals surface area contributed by atoms with Gasteiger partial charge in [0.05, 0.1) is 0 Å². The molecule has 0 aliphatic carbocycles. The first-order valence-corrected chi connectivity index (χ1v) is 10.6. The number of nitrogens with zero attached hydrogens (tertiary/aromatic N) is 1. The fourth-order valence-corrected chi connectivity index (χ4v) is 4.86. The van der Waals surface area contributed by atoms with E-state index >= 15 is 0 Å². The maximum atomic E-state index is 11.2. The Kier molecular flexibility index (Phi) is 5.64. The first-order chi connectivity index (χ1) is 14.1. The Hall–Kier alpha value is -3.09. The topological polar surface area (TPSA) is 23.5 Å². The molecule has 0 spiro atoms. The number of anilines is 1. The second kappa shape index (κ2) is 8.51. The molecule has 0 aliphatic heterocycles. The van der Waals surface area contributed by atoms with Crippen molar-refractivity contribution in [1.82, 2.24) is 0 Å². The van der Waals surface area contributed by atoms with Crippen molar-refractivity contribution < 1.29 is 5.11 Å². The van der Waals surface area contributed by atoms with E-state index < -0.39 is 0 Å². The molecule has 0 bridgehead atoms. The standard InChI is InChI=1S/C26H24NOP/c1-27(2)23-15-9-10-16-24(23)29-25-18-21(19-11-5-3-6-12-19)17-22(26(25)28)20-13-7-4-8-14-20/h3-18,28-29H,1-2H3. The predicted molar refractivity (Wildman–Crippen MR) is 127 cm³/mol. The van der Waals surface area contributed by atoms with E-state index in [-0.39, 0.29) is 0 Å². The summed E-state index contributed by atoms with van der Waals surface area (Å²) >= 11 is 0. The lowest BCUT2D eigenvalue weighted by atomic mass is 9.98. The van der Waals surface area contributed by atoms with Gasteiger partial charge >= 0.3 is 0 Å². The van der Waals surface area contributed by atoms with Gasteiger partial charge in [-0.1, -0.05) is 87.4 Å². The average molecular weight is 397 g/mol. The Morgan fingerprint density at radius 3 is 1.86 bits per heavy atom. The molecule has 4 rings (SSSR count). The van der Waals surface area contributed by atoms with Gasteiger partial charge in [-0.05, 0) is 34.9 Å². The van der Waals surface area contributed by atoms with Gasteiger partial charge in [-0.3, -0.25) is 0 Å². The van der Waals surface area contributed by atoms with E-state index in [0.717, 1.165) is 27.6 Å². The van der Waals surface area contributed by atoms with E-state index in [1.54, 1.807) is 0 Å². The highest BCUT2D eigenvalue weighted by atomic mass is 31.1. The van der Waals surface area contributed by atoms with Crippen molar-refractivity contribution in [2.24, 2.45) is 0 Å². The zero-order valence-electron chi connectivity index (χ0n) is 16.6. The minimum Gasteiger partial charge on any atom is -0.507 e. The highest BCUT2D eigenvalue weighted by Gasteiger charge is 2.15. The quantitative estimate of drug-likeness (QED) is 0.455. The highest BCUT2D eigenvalue weighted by molar-refractivity contribution is 7.56. The number of phenols is 1. The number of hydrogen-bond donors (Lipinski definition) is 1. The molecule has 4 aromatic rings. The summed E-state index contributed by atoms with van der Waals surface area (Å²) in [7, 11) is 4.47. The summed E-state index contributed by atoms with van der Waals surface area (Å²) in [5.74, 6) is 0.364. The summed E-state index contributed by atoms with van der Waals surface area (Å²) in [6.45, 7) is 0. The maximum Gasteiger partial charge on any atom is 0.131 e. The van der Waals surface area contributed by atoms with E-state index in [1.807, 2.05) is 48.5 Å². The molecule has 0 heterocycles. The molecule has 0 fully saturated rings. The van der Waals surface area contributed by atoms with Gasteiger partial charge in [0.1, 0.15) is 5.75 Å². The van der Waals surface area contributed by atoms with Crippen LogP contribution in [0.15, 0.2) is 97.1 Å². The Morgan fingerprint density at radius 2 is 1.21 bits per heavy atom. The van der Waals surface area contributed by atoms with Crippen LogP contribution in [0.2, 0.25) is 0 Å². The molecule has 29 heavy (non-hydrogen) atoms. The Morgan fingerprint density at radius 1 is 0.621 bits per heavy atom. The molecule has 0 saturated heterocycles. The molecule has 2 nitrogen and oxygen atoms in total. The molecule has 3 heteroatoms. The summed E-state index contributed by atoms with van der Waals surface area (Å²) in [5, 5.41) is 13.4. The van der Waals surface area contributed by atoms with Crippen molar-refractivity contribution in [3.05, 3.63) is 97.1 Å². The summed E-state index contributed by atoms with van der Waals surface area (Å²) in [6, 6.07) is 33.1. The number of rotatable bonds is 5. The Balaban J connectivity index is 1.87. The molecular formula is C26H24NOP. The zero-order chi connectivity index (χ0) is 20.2. The first-order valence-electron chi connectivity index (χ1n) is 9.65. The van der Waals surface area contributed by atoms with Gasteiger partial charge in [0.25, 0.3) is 0 Å². The molecule has 0 amide bonds. The molecule has 144 valence electrons. The van der Waals surface area contributed by atoms with Gasteiger partial charge in [-0.25, -0.2) is 0 Å². The monoisotopic (exact) mass is 397 g/mol. The van der Waals surface area contributed by atoms with Crippen LogP contribution in [-0.2, 0) is 0 Å². The lowest BCUT2D eigenvalue weighted by Gasteiger charge is -2.19. The molecule has 1 atom stereocenters. The second-order valence-electron chi connectivity index (χ2n) is 7.19. The highest BCUT2D eigenvalue weighted by Crippen LogP contribution is 2.36. The summed E-state index contributed by atoms with van der Waals surface area (Å²) < 4.78 is 0. The molecule has 1 N–H and O–H groups in total. The van der Waals surface area contributed by atoms with Crippen LogP contribution in [0.4, 0.5) is 5.69 Å². The van der Waals surface area contributed by atoms with Crippen LogP contribution in [0, 0.1) is 0 Å². The van der Waals surface area contributed by atoms with Gasteiger partial charge in [0.2, 0.25) is 0 Å². The maximum absolute atomic E-state index is 11.2. The lowest BCUT2D eigenvalue weighted by Crippen LogP contribution is -2.17.